The number of hydrogen-bond donors (Lipinski definition) is 1. The molecule has 0 saturated carbocycles. The van der Waals surface area contributed by atoms with Crippen molar-refractivity contribution in [2.45, 2.75) is 77.2 Å². The van der Waals surface area contributed by atoms with Gasteiger partial charge in [-0.25, -0.2) is 4.79 Å². The van der Waals surface area contributed by atoms with E-state index in [9.17, 15) is 22.8 Å². The third kappa shape index (κ3) is 6.70. The first-order chi connectivity index (χ1) is 22.0. The number of nitrogens with one attached hydrogen (secondary N) is 1. The lowest BCUT2D eigenvalue weighted by atomic mass is 9.91. The molecule has 3 aromatic rings. The third-order valence-electron chi connectivity index (χ3n) is 9.63. The Labute approximate surface area is 272 Å². The monoisotopic (exact) mass is 656 g/mol. The Balaban J connectivity index is 1.17. The number of allylic oxidation sites excluding steroid dienone is 1. The lowest BCUT2D eigenvalue weighted by Crippen LogP contribution is -2.48. The quantitative estimate of drug-likeness (QED) is 0.283. The number of nitrogens with zero attached hydrogens (tertiary/aromatic N) is 5. The van der Waals surface area contributed by atoms with E-state index in [1.807, 2.05) is 29.2 Å². The van der Waals surface area contributed by atoms with Crippen LogP contribution in [0.4, 0.5) is 23.7 Å². The molecule has 6 rings (SSSR count). The molecule has 3 aliphatic rings. The topological polar surface area (TPSA) is 73.7 Å². The van der Waals surface area contributed by atoms with Crippen molar-refractivity contribution in [3.8, 4) is 0 Å². The number of likely N-dealkylation sites (tertiary alicyclic amines) is 1. The van der Waals surface area contributed by atoms with Gasteiger partial charge in [0.05, 0.1) is 16.7 Å². The van der Waals surface area contributed by atoms with Crippen LogP contribution in [0, 0.1) is 5.92 Å². The van der Waals surface area contributed by atoms with E-state index in [-0.39, 0.29) is 31.5 Å². The van der Waals surface area contributed by atoms with E-state index in [1.165, 1.54) is 0 Å². The first-order valence-electron chi connectivity index (χ1n) is 16.1. The highest BCUT2D eigenvalue weighted by atomic mass is 35.5. The molecular weight excluding hydrogens is 617 g/mol. The fourth-order valence-electron chi connectivity index (χ4n) is 7.22. The number of alkyl halides is 3. The van der Waals surface area contributed by atoms with Gasteiger partial charge in [0.15, 0.2) is 0 Å². The molecule has 1 aromatic heterocycles. The van der Waals surface area contributed by atoms with Gasteiger partial charge in [0.2, 0.25) is 5.91 Å². The highest BCUT2D eigenvalue weighted by molar-refractivity contribution is 6.35. The Morgan fingerprint density at radius 2 is 1.89 bits per heavy atom. The molecule has 46 heavy (non-hydrogen) atoms. The second-order valence-electron chi connectivity index (χ2n) is 12.7. The smallest absolute Gasteiger partial charge is 0.375 e. The van der Waals surface area contributed by atoms with Crippen molar-refractivity contribution in [2.75, 3.05) is 31.5 Å². The van der Waals surface area contributed by atoms with Crippen molar-refractivity contribution in [2.24, 2.45) is 5.92 Å². The number of urea groups is 1. The molecule has 0 aliphatic carbocycles. The van der Waals surface area contributed by atoms with Crippen LogP contribution in [0.3, 0.4) is 0 Å². The number of aromatic nitrogens is 2. The van der Waals surface area contributed by atoms with Crippen LogP contribution in [-0.4, -0.2) is 74.8 Å². The van der Waals surface area contributed by atoms with E-state index in [1.54, 1.807) is 16.9 Å². The Morgan fingerprint density at radius 3 is 2.63 bits per heavy atom. The van der Waals surface area contributed by atoms with Crippen molar-refractivity contribution in [1.82, 2.24) is 24.5 Å². The van der Waals surface area contributed by atoms with Crippen molar-refractivity contribution in [3.63, 3.8) is 0 Å². The molecular formula is C34H40ClF3N6O2. The standard InChI is InChI=1S/C34H40ClF3N6O2/c1-3-4-12-44-31-27(19-39-44)28-20-42(21-34(36,37)38)32(45)25(17-24(28)18-29(31)35)16-22(2)41-13-10-26(11-14-41)43-15-9-23-7-5-6-8-30(23)40-33(43)46/h5-8,18-19,25-26H,2-4,9-17,20-21H2,1H3,(H,40,46). The molecule has 0 bridgehead atoms. The van der Waals surface area contributed by atoms with Crippen LogP contribution in [0.2, 0.25) is 5.02 Å². The summed E-state index contributed by atoms with van der Waals surface area (Å²) in [6.45, 7) is 7.46. The number of hydrogen-bond acceptors (Lipinski definition) is 4. The number of unbranched alkanes of at least 4 members (excludes halogenated alkanes) is 1. The zero-order chi connectivity index (χ0) is 32.6. The van der Waals surface area contributed by atoms with Crippen molar-refractivity contribution in [1.29, 1.82) is 0 Å². The Hall–Kier alpha value is -3.73. The van der Waals surface area contributed by atoms with E-state index in [4.69, 9.17) is 11.6 Å². The molecule has 8 nitrogen and oxygen atoms in total. The van der Waals surface area contributed by atoms with Gasteiger partial charge in [-0.05, 0) is 67.3 Å². The summed E-state index contributed by atoms with van der Waals surface area (Å²) in [6, 6.07) is 9.61. The molecule has 3 aliphatic heterocycles. The fourth-order valence-corrected chi connectivity index (χ4v) is 7.55. The highest BCUT2D eigenvalue weighted by Gasteiger charge is 2.39. The normalized spacial score (nSPS) is 19.5. The minimum absolute atomic E-state index is 0.0646. The molecule has 1 atom stereocenters. The van der Waals surface area contributed by atoms with Crippen LogP contribution >= 0.6 is 11.6 Å². The Morgan fingerprint density at radius 1 is 1.13 bits per heavy atom. The molecule has 246 valence electrons. The second-order valence-corrected chi connectivity index (χ2v) is 13.1. The SMILES string of the molecule is C=C(CC1Cc2cc(Cl)c3c(cnn3CCCC)c2CN(CC(F)(F)F)C1=O)N1CCC(N2CCc3ccccc3NC2=O)CC1. The molecule has 1 N–H and O–H groups in total. The van der Waals surface area contributed by atoms with Gasteiger partial charge in [-0.15, -0.1) is 0 Å². The van der Waals surface area contributed by atoms with Gasteiger partial charge in [-0.1, -0.05) is 49.7 Å². The number of halogens is 4. The van der Waals surface area contributed by atoms with Gasteiger partial charge in [-0.3, -0.25) is 9.48 Å². The first kappa shape index (κ1) is 32.2. The highest BCUT2D eigenvalue weighted by Crippen LogP contribution is 2.37. The van der Waals surface area contributed by atoms with Crippen LogP contribution < -0.4 is 5.32 Å². The number of para-hydroxylation sites is 1. The number of amides is 3. The predicted molar refractivity (Wildman–Crippen MR) is 173 cm³/mol. The summed E-state index contributed by atoms with van der Waals surface area (Å²) in [6.07, 6.45) is 1.73. The lowest BCUT2D eigenvalue weighted by Gasteiger charge is -2.40. The summed E-state index contributed by atoms with van der Waals surface area (Å²) >= 11 is 6.75. The van der Waals surface area contributed by atoms with Crippen molar-refractivity contribution >= 4 is 40.1 Å². The van der Waals surface area contributed by atoms with Crippen LogP contribution in [0.5, 0.6) is 0 Å². The Kier molecular flexibility index (Phi) is 9.23. The lowest BCUT2D eigenvalue weighted by molar-refractivity contribution is -0.164. The minimum atomic E-state index is -4.54. The third-order valence-corrected chi connectivity index (χ3v) is 9.91. The molecule has 0 spiro atoms. The van der Waals surface area contributed by atoms with Gasteiger partial charge < -0.3 is 20.0 Å². The van der Waals surface area contributed by atoms with Gasteiger partial charge >= 0.3 is 12.2 Å². The van der Waals surface area contributed by atoms with Gasteiger partial charge in [0, 0.05) is 61.5 Å². The first-order valence-corrected chi connectivity index (χ1v) is 16.5. The van der Waals surface area contributed by atoms with Crippen LogP contribution in [0.1, 0.15) is 55.7 Å². The molecule has 1 fully saturated rings. The summed E-state index contributed by atoms with van der Waals surface area (Å²) < 4.78 is 43.1. The Bertz CT molecular complexity index is 1630. The maximum absolute atomic E-state index is 13.8. The zero-order valence-electron chi connectivity index (χ0n) is 26.1. The van der Waals surface area contributed by atoms with Gasteiger partial charge in [0.25, 0.3) is 0 Å². The molecule has 0 radical (unpaired) electrons. The summed E-state index contributed by atoms with van der Waals surface area (Å²) in [7, 11) is 0. The van der Waals surface area contributed by atoms with E-state index >= 15 is 0 Å². The zero-order valence-corrected chi connectivity index (χ0v) is 26.8. The minimum Gasteiger partial charge on any atom is -0.375 e. The summed E-state index contributed by atoms with van der Waals surface area (Å²) in [5.41, 5.74) is 4.83. The average Bonchev–Trinajstić information content (AvgIpc) is 3.32. The molecule has 1 unspecified atom stereocenters. The summed E-state index contributed by atoms with van der Waals surface area (Å²) in [4.78, 5) is 31.8. The van der Waals surface area contributed by atoms with Crippen molar-refractivity contribution < 1.29 is 22.8 Å². The number of fused-ring (bicyclic) bond motifs is 4. The van der Waals surface area contributed by atoms with Crippen molar-refractivity contribution in [3.05, 3.63) is 70.5 Å². The summed E-state index contributed by atoms with van der Waals surface area (Å²) in [5.74, 6) is -1.25. The van der Waals surface area contributed by atoms with Crippen LogP contribution in [0.25, 0.3) is 10.9 Å². The second kappa shape index (κ2) is 13.2. The maximum atomic E-state index is 13.8. The van der Waals surface area contributed by atoms with Crippen LogP contribution in [0.15, 0.2) is 48.8 Å². The molecule has 2 aromatic carbocycles. The predicted octanol–water partition coefficient (Wildman–Crippen LogP) is 7.01. The number of carbonyl (C=O) groups is 2. The summed E-state index contributed by atoms with van der Waals surface area (Å²) in [5, 5.41) is 8.72. The maximum Gasteiger partial charge on any atom is 0.406 e. The van der Waals surface area contributed by atoms with Gasteiger partial charge in [-0.2, -0.15) is 18.3 Å². The van der Waals surface area contributed by atoms with E-state index in [2.05, 4.69) is 28.8 Å². The molecule has 12 heteroatoms. The van der Waals surface area contributed by atoms with E-state index in [0.717, 1.165) is 59.5 Å². The molecule has 4 heterocycles. The number of piperidine rings is 1. The number of anilines is 1. The number of carbonyl (C=O) groups excluding carboxylic acids is 2. The van der Waals surface area contributed by atoms with E-state index < -0.39 is 24.5 Å². The number of rotatable bonds is 8. The fraction of sp³-hybridized carbons (Fsp3) is 0.500. The van der Waals surface area contributed by atoms with Crippen LogP contribution in [-0.2, 0) is 30.7 Å². The molecule has 3 amide bonds. The number of aryl methyl sites for hydroxylation is 1. The number of benzene rings is 2. The molecule has 1 saturated heterocycles. The van der Waals surface area contributed by atoms with Gasteiger partial charge in [0.1, 0.15) is 6.54 Å². The average molecular weight is 657 g/mol. The largest absolute Gasteiger partial charge is 0.406 e. The van der Waals surface area contributed by atoms with E-state index in [0.29, 0.717) is 47.7 Å².